The first kappa shape index (κ1) is 16.2. The van der Waals surface area contributed by atoms with Gasteiger partial charge in [-0.3, -0.25) is 4.68 Å². The van der Waals surface area contributed by atoms with Crippen molar-refractivity contribution in [3.8, 4) is 0 Å². The Hall–Kier alpha value is -1.63. The third kappa shape index (κ3) is 3.34. The summed E-state index contributed by atoms with van der Waals surface area (Å²) in [6, 6.07) is 3.71. The van der Waals surface area contributed by atoms with Crippen LogP contribution in [0.5, 0.6) is 0 Å². The summed E-state index contributed by atoms with van der Waals surface area (Å²) in [7, 11) is 1.98. The summed E-state index contributed by atoms with van der Waals surface area (Å²) in [6.45, 7) is 6.41. The monoisotopic (exact) mass is 319 g/mol. The van der Waals surface area contributed by atoms with E-state index in [0.717, 1.165) is 31.0 Å². The number of aromatic nitrogens is 2. The number of nitrogens with zero attached hydrogens (tertiary/aromatic N) is 2. The lowest BCUT2D eigenvalue weighted by molar-refractivity contribution is 0.0892. The molecule has 2 aromatic rings. The average Bonchev–Trinajstić information content (AvgIpc) is 3.21. The van der Waals surface area contributed by atoms with Gasteiger partial charge in [0.15, 0.2) is 0 Å². The molecule has 0 amide bonds. The van der Waals surface area contributed by atoms with Gasteiger partial charge in [0.25, 0.3) is 0 Å². The largest absolute Gasteiger partial charge is 0.462 e. The molecule has 2 unspecified atom stereocenters. The maximum atomic E-state index is 9.03. The lowest BCUT2D eigenvalue weighted by atomic mass is 9.94. The Bertz CT molecular complexity index is 662. The Morgan fingerprint density at radius 3 is 2.78 bits per heavy atom. The minimum absolute atomic E-state index is 0.0574. The quantitative estimate of drug-likeness (QED) is 0.852. The zero-order chi connectivity index (χ0) is 16.4. The summed E-state index contributed by atoms with van der Waals surface area (Å²) >= 11 is 0. The molecule has 126 valence electrons. The SMILES string of the molecule is Cc1nn(C)c(C)c1C1OCCC1CNCc1ccc(CO)o1. The molecule has 3 heterocycles. The van der Waals surface area contributed by atoms with Gasteiger partial charge in [-0.15, -0.1) is 0 Å². The Kier molecular flexibility index (Phi) is 4.84. The molecule has 3 rings (SSSR count). The number of nitrogens with one attached hydrogen (secondary N) is 1. The van der Waals surface area contributed by atoms with Crippen LogP contribution in [0.25, 0.3) is 0 Å². The van der Waals surface area contributed by atoms with Crippen molar-refractivity contribution in [2.45, 2.75) is 39.5 Å². The second-order valence-electron chi connectivity index (χ2n) is 6.21. The molecule has 1 aliphatic rings. The van der Waals surface area contributed by atoms with Crippen molar-refractivity contribution in [3.63, 3.8) is 0 Å². The highest BCUT2D eigenvalue weighted by atomic mass is 16.5. The van der Waals surface area contributed by atoms with Crippen molar-refractivity contribution < 1.29 is 14.3 Å². The zero-order valence-corrected chi connectivity index (χ0v) is 14.0. The van der Waals surface area contributed by atoms with Crippen LogP contribution in [0.3, 0.4) is 0 Å². The number of aliphatic hydroxyl groups excluding tert-OH is 1. The third-order valence-electron chi connectivity index (χ3n) is 4.64. The highest BCUT2D eigenvalue weighted by molar-refractivity contribution is 5.28. The summed E-state index contributed by atoms with van der Waals surface area (Å²) < 4.78 is 13.4. The predicted octanol–water partition coefficient (Wildman–Crippen LogP) is 1.99. The number of hydrogen-bond acceptors (Lipinski definition) is 5. The molecule has 23 heavy (non-hydrogen) atoms. The van der Waals surface area contributed by atoms with Gasteiger partial charge in [0.05, 0.1) is 18.3 Å². The topological polar surface area (TPSA) is 72.5 Å². The molecule has 0 aliphatic carbocycles. The normalized spacial score (nSPS) is 21.2. The van der Waals surface area contributed by atoms with E-state index in [1.807, 2.05) is 24.7 Å². The highest BCUT2D eigenvalue weighted by Gasteiger charge is 2.33. The van der Waals surface area contributed by atoms with Gasteiger partial charge in [-0.25, -0.2) is 0 Å². The van der Waals surface area contributed by atoms with Crippen molar-refractivity contribution in [2.75, 3.05) is 13.2 Å². The number of ether oxygens (including phenoxy) is 1. The van der Waals surface area contributed by atoms with E-state index in [-0.39, 0.29) is 12.7 Å². The first-order chi connectivity index (χ1) is 11.1. The van der Waals surface area contributed by atoms with Crippen molar-refractivity contribution in [1.29, 1.82) is 0 Å². The van der Waals surface area contributed by atoms with Crippen LogP contribution in [0.4, 0.5) is 0 Å². The third-order valence-corrected chi connectivity index (χ3v) is 4.64. The predicted molar refractivity (Wildman–Crippen MR) is 85.8 cm³/mol. The van der Waals surface area contributed by atoms with Crippen molar-refractivity contribution >= 4 is 0 Å². The van der Waals surface area contributed by atoms with Gasteiger partial charge < -0.3 is 19.6 Å². The molecule has 0 saturated carbocycles. The van der Waals surface area contributed by atoms with E-state index in [9.17, 15) is 0 Å². The zero-order valence-electron chi connectivity index (χ0n) is 14.0. The summed E-state index contributed by atoms with van der Waals surface area (Å²) in [4.78, 5) is 0. The number of furan rings is 1. The fourth-order valence-electron chi connectivity index (χ4n) is 3.35. The van der Waals surface area contributed by atoms with Crippen LogP contribution in [0.2, 0.25) is 0 Å². The number of aryl methyl sites for hydroxylation is 2. The van der Waals surface area contributed by atoms with E-state index in [2.05, 4.69) is 17.3 Å². The Morgan fingerprint density at radius 1 is 1.35 bits per heavy atom. The Morgan fingerprint density at radius 2 is 2.13 bits per heavy atom. The minimum atomic E-state index is -0.0574. The summed E-state index contributed by atoms with van der Waals surface area (Å²) in [5.74, 6) is 1.88. The van der Waals surface area contributed by atoms with E-state index in [1.165, 1.54) is 11.3 Å². The Balaban J connectivity index is 1.61. The first-order valence-corrected chi connectivity index (χ1v) is 8.11. The summed E-state index contributed by atoms with van der Waals surface area (Å²) in [6.07, 6.45) is 1.16. The number of hydrogen-bond donors (Lipinski definition) is 2. The van der Waals surface area contributed by atoms with Crippen LogP contribution in [0, 0.1) is 19.8 Å². The fourth-order valence-corrected chi connectivity index (χ4v) is 3.35. The van der Waals surface area contributed by atoms with Gasteiger partial charge >= 0.3 is 0 Å². The van der Waals surface area contributed by atoms with Gasteiger partial charge in [0.1, 0.15) is 18.1 Å². The van der Waals surface area contributed by atoms with E-state index >= 15 is 0 Å². The van der Waals surface area contributed by atoms with E-state index in [4.69, 9.17) is 14.3 Å². The maximum absolute atomic E-state index is 9.03. The number of rotatable bonds is 6. The molecule has 1 saturated heterocycles. The van der Waals surface area contributed by atoms with Gasteiger partial charge in [-0.1, -0.05) is 0 Å². The van der Waals surface area contributed by atoms with Gasteiger partial charge in [-0.05, 0) is 32.4 Å². The smallest absolute Gasteiger partial charge is 0.129 e. The first-order valence-electron chi connectivity index (χ1n) is 8.11. The molecular formula is C17H25N3O3. The molecule has 6 nitrogen and oxygen atoms in total. The molecule has 1 aliphatic heterocycles. The fraction of sp³-hybridized carbons (Fsp3) is 0.588. The molecule has 0 bridgehead atoms. The van der Waals surface area contributed by atoms with Gasteiger partial charge in [-0.2, -0.15) is 5.10 Å². The van der Waals surface area contributed by atoms with Crippen LogP contribution < -0.4 is 5.32 Å². The van der Waals surface area contributed by atoms with Crippen LogP contribution in [-0.2, 0) is 24.9 Å². The molecule has 0 aromatic carbocycles. The second kappa shape index (κ2) is 6.86. The molecule has 2 atom stereocenters. The van der Waals surface area contributed by atoms with Crippen molar-refractivity contribution in [3.05, 3.63) is 40.6 Å². The molecule has 0 spiro atoms. The molecular weight excluding hydrogens is 294 g/mol. The lowest BCUT2D eigenvalue weighted by Crippen LogP contribution is -2.25. The Labute approximate surface area is 136 Å². The highest BCUT2D eigenvalue weighted by Crippen LogP contribution is 2.37. The minimum Gasteiger partial charge on any atom is -0.462 e. The lowest BCUT2D eigenvalue weighted by Gasteiger charge is -2.19. The second-order valence-corrected chi connectivity index (χ2v) is 6.21. The molecule has 6 heteroatoms. The van der Waals surface area contributed by atoms with E-state index < -0.39 is 0 Å². The van der Waals surface area contributed by atoms with Crippen molar-refractivity contribution in [1.82, 2.24) is 15.1 Å². The molecule has 1 fully saturated rings. The van der Waals surface area contributed by atoms with Gasteiger partial charge in [0, 0.05) is 37.4 Å². The summed E-state index contributed by atoms with van der Waals surface area (Å²) in [5.41, 5.74) is 3.47. The van der Waals surface area contributed by atoms with E-state index in [0.29, 0.717) is 18.2 Å². The van der Waals surface area contributed by atoms with Crippen LogP contribution in [0.1, 0.15) is 41.0 Å². The van der Waals surface area contributed by atoms with Crippen LogP contribution in [-0.4, -0.2) is 28.0 Å². The molecule has 0 radical (unpaired) electrons. The van der Waals surface area contributed by atoms with Gasteiger partial charge in [0.2, 0.25) is 0 Å². The van der Waals surface area contributed by atoms with Crippen LogP contribution in [0.15, 0.2) is 16.5 Å². The van der Waals surface area contributed by atoms with E-state index in [1.54, 1.807) is 6.07 Å². The maximum Gasteiger partial charge on any atom is 0.129 e. The molecule has 2 aromatic heterocycles. The van der Waals surface area contributed by atoms with Crippen LogP contribution >= 0.6 is 0 Å². The van der Waals surface area contributed by atoms with Crippen molar-refractivity contribution in [2.24, 2.45) is 13.0 Å². The molecule has 2 N–H and O–H groups in total. The number of aliphatic hydroxyl groups is 1. The average molecular weight is 319 g/mol. The standard InChI is InChI=1S/C17H25N3O3/c1-11-16(12(2)20(3)19-11)17-13(6-7-22-17)8-18-9-14-4-5-15(10-21)23-14/h4-5,13,17-18,21H,6-10H2,1-3H3. The summed E-state index contributed by atoms with van der Waals surface area (Å²) in [5, 5.41) is 17.0.